The smallest absolute Gasteiger partial charge is 0.256 e. The molecule has 37 heavy (non-hydrogen) atoms. The summed E-state index contributed by atoms with van der Waals surface area (Å²) in [6, 6.07) is 3.42. The molecule has 1 unspecified atom stereocenters. The Kier molecular flexibility index (Phi) is 11.5. The van der Waals surface area contributed by atoms with E-state index in [1.54, 1.807) is 42.6 Å². The average molecular weight is 493 g/mol. The molecule has 1 heterocycles. The van der Waals surface area contributed by atoms with Crippen LogP contribution < -0.4 is 4.90 Å². The summed E-state index contributed by atoms with van der Waals surface area (Å²) in [5.41, 5.74) is 4.59. The highest BCUT2D eigenvalue weighted by Gasteiger charge is 2.28. The minimum atomic E-state index is -0.434. The van der Waals surface area contributed by atoms with Crippen molar-refractivity contribution in [3.63, 3.8) is 0 Å². The number of anilines is 1. The van der Waals surface area contributed by atoms with Crippen LogP contribution in [0.15, 0.2) is 150 Å². The lowest BCUT2D eigenvalue weighted by molar-refractivity contribution is -0.126. The molecule has 2 rings (SSSR count). The van der Waals surface area contributed by atoms with Crippen LogP contribution in [-0.2, 0) is 4.79 Å². The van der Waals surface area contributed by atoms with E-state index in [-0.39, 0.29) is 5.91 Å². The molecule has 190 valence electrons. The Morgan fingerprint density at radius 1 is 1.08 bits per heavy atom. The Balaban J connectivity index is 2.66. The molecule has 0 N–H and O–H groups in total. The molecule has 5 nitrogen and oxygen atoms in total. The van der Waals surface area contributed by atoms with Gasteiger partial charge in [-0.1, -0.05) is 80.5 Å². The summed E-state index contributed by atoms with van der Waals surface area (Å²) in [6.45, 7) is 17.3. The van der Waals surface area contributed by atoms with Gasteiger partial charge in [-0.15, -0.1) is 0 Å². The molecule has 0 aromatic carbocycles. The predicted octanol–water partition coefficient (Wildman–Crippen LogP) is 6.69. The van der Waals surface area contributed by atoms with Gasteiger partial charge in [0.25, 0.3) is 5.91 Å². The summed E-state index contributed by atoms with van der Waals surface area (Å²) in [7, 11) is 3.75. The van der Waals surface area contributed by atoms with Crippen molar-refractivity contribution in [3.05, 3.63) is 145 Å². The van der Waals surface area contributed by atoms with Crippen molar-refractivity contribution >= 4 is 18.3 Å². The van der Waals surface area contributed by atoms with E-state index in [1.807, 2.05) is 85.7 Å². The molecule has 1 aromatic rings. The van der Waals surface area contributed by atoms with Gasteiger partial charge >= 0.3 is 0 Å². The number of hydrogen-bond acceptors (Lipinski definition) is 4. The van der Waals surface area contributed by atoms with Gasteiger partial charge in [-0.05, 0) is 49.1 Å². The van der Waals surface area contributed by atoms with Crippen LogP contribution in [0.4, 0.5) is 5.69 Å². The number of carbonyl (C=O) groups is 1. The number of allylic oxidation sites excluding steroid dienone is 9. The summed E-state index contributed by atoms with van der Waals surface area (Å²) in [4.78, 5) is 26.2. The molecule has 0 aliphatic heterocycles. The molecule has 0 bridgehead atoms. The molecule has 1 aliphatic carbocycles. The van der Waals surface area contributed by atoms with E-state index < -0.39 is 6.04 Å². The van der Waals surface area contributed by atoms with Crippen molar-refractivity contribution < 1.29 is 4.79 Å². The zero-order valence-corrected chi connectivity index (χ0v) is 22.0. The van der Waals surface area contributed by atoms with Gasteiger partial charge in [0, 0.05) is 44.3 Å². The van der Waals surface area contributed by atoms with Crippen LogP contribution in [0.25, 0.3) is 0 Å². The van der Waals surface area contributed by atoms with Crippen LogP contribution in [0.5, 0.6) is 0 Å². The average Bonchev–Trinajstić information content (AvgIpc) is 3.15. The Morgan fingerprint density at radius 3 is 2.41 bits per heavy atom. The minimum Gasteiger partial charge on any atom is -0.348 e. The molecular weight excluding hydrogens is 456 g/mol. The monoisotopic (exact) mass is 492 g/mol. The third-order valence-corrected chi connectivity index (χ3v) is 5.86. The molecule has 0 fully saturated rings. The van der Waals surface area contributed by atoms with Crippen LogP contribution in [0.1, 0.15) is 13.3 Å². The largest absolute Gasteiger partial charge is 0.348 e. The summed E-state index contributed by atoms with van der Waals surface area (Å²) in [5, 5.41) is 0. The standard InChI is InChI=1S/C32H36N4O/c1-8-12-16-25(11-4)31(26(15-10-3)17-13-9-2)36(7)32(37)29-24-28(18-14-19-30(29)33-5)35(6)27-20-22-34-23-21-27/h8-17,19-24,31H,2-5,18H2,1,6-7H3/b12-8-,17-13-,25-16+,26-15+. The maximum atomic E-state index is 14.1. The third-order valence-electron chi connectivity index (χ3n) is 5.86. The van der Waals surface area contributed by atoms with Crippen molar-refractivity contribution in [2.75, 3.05) is 19.0 Å². The minimum absolute atomic E-state index is 0.199. The van der Waals surface area contributed by atoms with Crippen molar-refractivity contribution in [2.24, 2.45) is 4.99 Å². The first-order chi connectivity index (χ1) is 17.9. The number of carbonyl (C=O) groups excluding carboxylic acids is 1. The quantitative estimate of drug-likeness (QED) is 0.241. The fourth-order valence-corrected chi connectivity index (χ4v) is 3.94. The summed E-state index contributed by atoms with van der Waals surface area (Å²) < 4.78 is 0. The second-order valence-corrected chi connectivity index (χ2v) is 8.18. The fourth-order valence-electron chi connectivity index (χ4n) is 3.94. The Labute approximate surface area is 221 Å². The first-order valence-corrected chi connectivity index (χ1v) is 12.0. The first-order valence-electron chi connectivity index (χ1n) is 12.0. The lowest BCUT2D eigenvalue weighted by atomic mass is 9.94. The van der Waals surface area contributed by atoms with Crippen molar-refractivity contribution in [2.45, 2.75) is 19.4 Å². The lowest BCUT2D eigenvalue weighted by Crippen LogP contribution is -2.40. The van der Waals surface area contributed by atoms with E-state index in [0.717, 1.165) is 22.5 Å². The van der Waals surface area contributed by atoms with Crippen molar-refractivity contribution in [3.8, 4) is 0 Å². The Bertz CT molecular complexity index is 1220. The van der Waals surface area contributed by atoms with Crippen molar-refractivity contribution in [1.82, 2.24) is 9.88 Å². The third kappa shape index (κ3) is 7.48. The molecule has 1 amide bonds. The van der Waals surface area contributed by atoms with Gasteiger partial charge in [-0.25, -0.2) is 0 Å². The number of nitrogens with zero attached hydrogens (tertiary/aromatic N) is 4. The van der Waals surface area contributed by atoms with E-state index in [9.17, 15) is 4.79 Å². The molecular formula is C32H36N4O. The second-order valence-electron chi connectivity index (χ2n) is 8.18. The summed E-state index contributed by atoms with van der Waals surface area (Å²) in [6.07, 6.45) is 26.5. The van der Waals surface area contributed by atoms with Crippen molar-refractivity contribution in [1.29, 1.82) is 0 Å². The van der Waals surface area contributed by atoms with Gasteiger partial charge in [-0.3, -0.25) is 14.8 Å². The van der Waals surface area contributed by atoms with E-state index in [0.29, 0.717) is 17.7 Å². The molecule has 0 spiro atoms. The number of aromatic nitrogens is 1. The maximum Gasteiger partial charge on any atom is 0.256 e. The van der Waals surface area contributed by atoms with Crippen LogP contribution in [0, 0.1) is 0 Å². The number of hydrogen-bond donors (Lipinski definition) is 0. The fraction of sp³-hybridized carbons (Fsp3) is 0.156. The molecule has 5 heteroatoms. The highest BCUT2D eigenvalue weighted by Crippen LogP contribution is 2.28. The van der Waals surface area contributed by atoms with Gasteiger partial charge in [0.05, 0.1) is 17.3 Å². The Morgan fingerprint density at radius 2 is 1.81 bits per heavy atom. The van der Waals surface area contributed by atoms with Gasteiger partial charge in [0.15, 0.2) is 0 Å². The van der Waals surface area contributed by atoms with Crippen LogP contribution in [-0.4, -0.2) is 42.6 Å². The van der Waals surface area contributed by atoms with Crippen LogP contribution in [0.2, 0.25) is 0 Å². The molecule has 1 atom stereocenters. The second kappa shape index (κ2) is 14.8. The topological polar surface area (TPSA) is 48.8 Å². The van der Waals surface area contributed by atoms with Gasteiger partial charge < -0.3 is 9.80 Å². The summed E-state index contributed by atoms with van der Waals surface area (Å²) >= 11 is 0. The van der Waals surface area contributed by atoms with E-state index >= 15 is 0 Å². The zero-order chi connectivity index (χ0) is 27.2. The lowest BCUT2D eigenvalue weighted by Gasteiger charge is -2.31. The molecule has 0 radical (unpaired) electrons. The molecule has 1 aromatic heterocycles. The SMILES string of the molecule is C=C/C=C\C(=C/C=C)C(/C(C=C)=C/C=C\C)N(C)C(=O)C1=C(N=C)C=CCC(N(C)c2ccncc2)=C1. The van der Waals surface area contributed by atoms with Crippen LogP contribution >= 0.6 is 0 Å². The van der Waals surface area contributed by atoms with E-state index in [4.69, 9.17) is 0 Å². The van der Waals surface area contributed by atoms with Gasteiger partial charge in [0.2, 0.25) is 0 Å². The van der Waals surface area contributed by atoms with Crippen LogP contribution in [0.3, 0.4) is 0 Å². The van der Waals surface area contributed by atoms with E-state index in [2.05, 4.69) is 36.4 Å². The molecule has 0 saturated heterocycles. The Hall–Kier alpha value is -4.51. The highest BCUT2D eigenvalue weighted by atomic mass is 16.2. The molecule has 0 saturated carbocycles. The normalized spacial score (nSPS) is 15.3. The molecule has 1 aliphatic rings. The van der Waals surface area contributed by atoms with Gasteiger partial charge in [0.1, 0.15) is 0 Å². The number of pyridine rings is 1. The number of amides is 1. The maximum absolute atomic E-state index is 14.1. The predicted molar refractivity (Wildman–Crippen MR) is 158 cm³/mol. The first kappa shape index (κ1) is 28.7. The van der Waals surface area contributed by atoms with Gasteiger partial charge in [-0.2, -0.15) is 0 Å². The summed E-state index contributed by atoms with van der Waals surface area (Å²) in [5.74, 6) is -0.199. The van der Waals surface area contributed by atoms with E-state index in [1.165, 1.54) is 0 Å². The zero-order valence-electron chi connectivity index (χ0n) is 22.0. The number of likely N-dealkylation sites (N-methyl/N-ethyl adjacent to an activating group) is 1. The highest BCUT2D eigenvalue weighted by molar-refractivity contribution is 5.98. The number of aliphatic imine (C=N–C) groups is 1. The number of rotatable bonds is 12.